The molecule has 0 spiro atoms. The molecule has 2 aromatic heterocycles. The number of ether oxygens (including phenoxy) is 2. The lowest BCUT2D eigenvalue weighted by Crippen LogP contribution is -2.08. The summed E-state index contributed by atoms with van der Waals surface area (Å²) in [5.74, 6) is 0.324. The lowest BCUT2D eigenvalue weighted by atomic mass is 10.0. The predicted molar refractivity (Wildman–Crippen MR) is 110 cm³/mol. The van der Waals surface area contributed by atoms with Crippen molar-refractivity contribution in [1.82, 2.24) is 9.97 Å². The summed E-state index contributed by atoms with van der Waals surface area (Å²) in [4.78, 5) is 19.8. The third-order valence-electron chi connectivity index (χ3n) is 4.76. The Labute approximate surface area is 167 Å². The summed E-state index contributed by atoms with van der Waals surface area (Å²) in [5, 5.41) is 2.67. The highest BCUT2D eigenvalue weighted by Gasteiger charge is 2.18. The van der Waals surface area contributed by atoms with Crippen molar-refractivity contribution in [2.24, 2.45) is 0 Å². The zero-order valence-corrected chi connectivity index (χ0v) is 16.3. The van der Waals surface area contributed by atoms with Crippen LogP contribution in [0.3, 0.4) is 0 Å². The summed E-state index contributed by atoms with van der Waals surface area (Å²) < 4.78 is 10.9. The molecular formula is C22H19ClN2O3. The van der Waals surface area contributed by atoms with Crippen molar-refractivity contribution in [3.05, 3.63) is 70.5 Å². The lowest BCUT2D eigenvalue weighted by molar-refractivity contribution is 0.0593. The van der Waals surface area contributed by atoms with Crippen LogP contribution >= 0.6 is 11.6 Å². The Balaban J connectivity index is 1.75. The molecule has 0 saturated carbocycles. The van der Waals surface area contributed by atoms with Gasteiger partial charge >= 0.3 is 5.97 Å². The minimum absolute atomic E-state index is 0.353. The molecule has 0 radical (unpaired) electrons. The quantitative estimate of drug-likeness (QED) is 0.466. The van der Waals surface area contributed by atoms with E-state index in [0.717, 1.165) is 38.7 Å². The number of fused-ring (bicyclic) bond motifs is 3. The summed E-state index contributed by atoms with van der Waals surface area (Å²) in [6.07, 6.45) is 2.34. The molecule has 0 unspecified atom stereocenters. The first-order chi connectivity index (χ1) is 13.6. The van der Waals surface area contributed by atoms with Crippen molar-refractivity contribution in [1.29, 1.82) is 0 Å². The average Bonchev–Trinajstić information content (AvgIpc) is 3.10. The van der Waals surface area contributed by atoms with Crippen LogP contribution in [0.1, 0.15) is 28.5 Å². The number of aromatic amines is 1. The van der Waals surface area contributed by atoms with E-state index in [1.165, 1.54) is 7.11 Å². The number of carbonyl (C=O) groups is 1. The van der Waals surface area contributed by atoms with E-state index in [2.05, 4.69) is 9.97 Å². The van der Waals surface area contributed by atoms with Crippen LogP contribution in [0.15, 0.2) is 48.7 Å². The molecule has 1 N–H and O–H groups in total. The second kappa shape index (κ2) is 7.52. The van der Waals surface area contributed by atoms with Crippen molar-refractivity contribution in [3.63, 3.8) is 0 Å². The lowest BCUT2D eigenvalue weighted by Gasteiger charge is -2.08. The second-order valence-corrected chi connectivity index (χ2v) is 6.90. The Kier molecular flexibility index (Phi) is 4.92. The number of pyridine rings is 1. The van der Waals surface area contributed by atoms with Crippen molar-refractivity contribution in [2.75, 3.05) is 7.11 Å². The van der Waals surface area contributed by atoms with Gasteiger partial charge in [0.1, 0.15) is 12.4 Å². The monoisotopic (exact) mass is 394 g/mol. The molecule has 0 bridgehead atoms. The molecule has 0 aliphatic rings. The Hall–Kier alpha value is -3.05. The maximum absolute atomic E-state index is 12.1. The number of hydrogen-bond acceptors (Lipinski definition) is 4. The highest BCUT2D eigenvalue weighted by atomic mass is 35.5. The third kappa shape index (κ3) is 3.29. The largest absolute Gasteiger partial charge is 0.489 e. The molecule has 0 aliphatic carbocycles. The Morgan fingerprint density at radius 2 is 1.93 bits per heavy atom. The molecule has 0 aliphatic heterocycles. The van der Waals surface area contributed by atoms with Gasteiger partial charge in [-0.25, -0.2) is 9.78 Å². The summed E-state index contributed by atoms with van der Waals surface area (Å²) in [6, 6.07) is 13.5. The van der Waals surface area contributed by atoms with Gasteiger partial charge in [0.2, 0.25) is 0 Å². The van der Waals surface area contributed by atoms with Crippen LogP contribution in [-0.2, 0) is 17.8 Å². The van der Waals surface area contributed by atoms with Crippen LogP contribution in [0.5, 0.6) is 5.75 Å². The van der Waals surface area contributed by atoms with Gasteiger partial charge in [0, 0.05) is 21.3 Å². The zero-order valence-electron chi connectivity index (χ0n) is 15.6. The Morgan fingerprint density at radius 3 is 2.64 bits per heavy atom. The summed E-state index contributed by atoms with van der Waals surface area (Å²) in [5.41, 5.74) is 4.10. The molecular weight excluding hydrogens is 376 g/mol. The van der Waals surface area contributed by atoms with Gasteiger partial charge in [-0.1, -0.05) is 30.7 Å². The van der Waals surface area contributed by atoms with E-state index in [1.807, 2.05) is 49.4 Å². The number of carbonyl (C=O) groups excluding carboxylic acids is 1. The van der Waals surface area contributed by atoms with E-state index in [-0.39, 0.29) is 0 Å². The maximum Gasteiger partial charge on any atom is 0.356 e. The molecule has 0 saturated heterocycles. The molecule has 0 amide bonds. The van der Waals surface area contributed by atoms with Gasteiger partial charge in [-0.05, 0) is 47.9 Å². The molecule has 2 heterocycles. The summed E-state index contributed by atoms with van der Waals surface area (Å²) in [6.45, 7) is 2.45. The molecule has 142 valence electrons. The number of hydrogen-bond donors (Lipinski definition) is 1. The normalized spacial score (nSPS) is 11.1. The van der Waals surface area contributed by atoms with Crippen LogP contribution in [0.4, 0.5) is 0 Å². The number of benzene rings is 2. The number of nitrogens with one attached hydrogen (secondary N) is 1. The van der Waals surface area contributed by atoms with Crippen molar-refractivity contribution >= 4 is 39.4 Å². The smallest absolute Gasteiger partial charge is 0.356 e. The summed E-state index contributed by atoms with van der Waals surface area (Å²) in [7, 11) is 1.37. The van der Waals surface area contributed by atoms with Gasteiger partial charge in [-0.15, -0.1) is 0 Å². The minimum atomic E-state index is -0.428. The minimum Gasteiger partial charge on any atom is -0.489 e. The highest BCUT2D eigenvalue weighted by Crippen LogP contribution is 2.32. The fraction of sp³-hybridized carbons (Fsp3) is 0.182. The third-order valence-corrected chi connectivity index (χ3v) is 5.01. The fourth-order valence-electron chi connectivity index (χ4n) is 3.39. The first-order valence-corrected chi connectivity index (χ1v) is 9.37. The Bertz CT molecular complexity index is 1170. The first kappa shape index (κ1) is 18.3. The molecule has 4 rings (SSSR count). The highest BCUT2D eigenvalue weighted by molar-refractivity contribution is 6.30. The maximum atomic E-state index is 12.1. The predicted octanol–water partition coefficient (Wildman–Crippen LogP) is 5.30. The average molecular weight is 395 g/mol. The Morgan fingerprint density at radius 1 is 1.14 bits per heavy atom. The molecule has 0 atom stereocenters. The number of nitrogens with zero attached hydrogens (tertiary/aromatic N) is 1. The molecule has 4 aromatic rings. The van der Waals surface area contributed by atoms with Gasteiger partial charge in [-0.3, -0.25) is 0 Å². The summed E-state index contributed by atoms with van der Waals surface area (Å²) >= 11 is 5.93. The van der Waals surface area contributed by atoms with E-state index >= 15 is 0 Å². The molecule has 2 aromatic carbocycles. The number of halogens is 1. The standard InChI is InChI=1S/C22H19ClN2O3/c1-3-16-20-17-10-15(28-12-13-4-6-14(23)7-5-13)8-9-18(17)25-19(20)11-24-21(16)22(26)27-2/h4-11,25H,3,12H2,1-2H3. The number of aromatic nitrogens is 2. The van der Waals surface area contributed by atoms with Crippen LogP contribution in [0.2, 0.25) is 5.02 Å². The van der Waals surface area contributed by atoms with Crippen LogP contribution in [-0.4, -0.2) is 23.0 Å². The zero-order chi connectivity index (χ0) is 19.7. The first-order valence-electron chi connectivity index (χ1n) is 8.99. The number of rotatable bonds is 5. The topological polar surface area (TPSA) is 64.2 Å². The van der Waals surface area contributed by atoms with Gasteiger partial charge < -0.3 is 14.5 Å². The van der Waals surface area contributed by atoms with Crippen LogP contribution < -0.4 is 4.74 Å². The van der Waals surface area contributed by atoms with Crippen LogP contribution in [0, 0.1) is 0 Å². The molecule has 28 heavy (non-hydrogen) atoms. The van der Waals surface area contributed by atoms with E-state index in [9.17, 15) is 4.79 Å². The van der Waals surface area contributed by atoms with Crippen LogP contribution in [0.25, 0.3) is 21.8 Å². The number of esters is 1. The fourth-order valence-corrected chi connectivity index (χ4v) is 3.52. The van der Waals surface area contributed by atoms with Crippen molar-refractivity contribution in [3.8, 4) is 5.75 Å². The van der Waals surface area contributed by atoms with Gasteiger partial charge in [0.15, 0.2) is 5.69 Å². The van der Waals surface area contributed by atoms with E-state index in [1.54, 1.807) is 6.20 Å². The van der Waals surface area contributed by atoms with Gasteiger partial charge in [0.05, 0.1) is 18.8 Å². The van der Waals surface area contributed by atoms with E-state index < -0.39 is 5.97 Å². The molecule has 0 fully saturated rings. The van der Waals surface area contributed by atoms with E-state index in [4.69, 9.17) is 21.1 Å². The molecule has 6 heteroatoms. The van der Waals surface area contributed by atoms with Gasteiger partial charge in [-0.2, -0.15) is 0 Å². The van der Waals surface area contributed by atoms with Gasteiger partial charge in [0.25, 0.3) is 0 Å². The number of aryl methyl sites for hydroxylation is 1. The number of H-pyrrole nitrogens is 1. The number of methoxy groups -OCH3 is 1. The van der Waals surface area contributed by atoms with E-state index in [0.29, 0.717) is 23.7 Å². The van der Waals surface area contributed by atoms with Crippen molar-refractivity contribution in [2.45, 2.75) is 20.0 Å². The SMILES string of the molecule is CCc1c(C(=O)OC)ncc2[nH]c3ccc(OCc4ccc(Cl)cc4)cc3c12. The second-order valence-electron chi connectivity index (χ2n) is 6.47. The molecule has 5 nitrogen and oxygen atoms in total. The van der Waals surface area contributed by atoms with Crippen molar-refractivity contribution < 1.29 is 14.3 Å².